The van der Waals surface area contributed by atoms with E-state index in [9.17, 15) is 9.18 Å². The molecule has 1 atom stereocenters. The minimum Gasteiger partial charge on any atom is -0.466 e. The zero-order valence-electron chi connectivity index (χ0n) is 19.0. The lowest BCUT2D eigenvalue weighted by Gasteiger charge is -2.18. The summed E-state index contributed by atoms with van der Waals surface area (Å²) in [5.74, 6) is -0.585. The Labute approximate surface area is 189 Å². The van der Waals surface area contributed by atoms with E-state index in [1.54, 1.807) is 13.0 Å². The molecule has 3 aromatic rings. The summed E-state index contributed by atoms with van der Waals surface area (Å²) in [5, 5.41) is 3.53. The molecule has 1 aliphatic rings. The largest absolute Gasteiger partial charge is 0.466 e. The van der Waals surface area contributed by atoms with Crippen LogP contribution in [0.25, 0.3) is 11.1 Å². The van der Waals surface area contributed by atoms with Crippen LogP contribution in [0.15, 0.2) is 54.6 Å². The van der Waals surface area contributed by atoms with Crippen LogP contribution in [-0.4, -0.2) is 12.6 Å². The van der Waals surface area contributed by atoms with Gasteiger partial charge < -0.3 is 10.1 Å². The number of halogens is 1. The van der Waals surface area contributed by atoms with Crippen molar-refractivity contribution in [2.75, 3.05) is 11.9 Å². The maximum atomic E-state index is 14.6. The molecule has 1 unspecified atom stereocenters. The van der Waals surface area contributed by atoms with Crippen molar-refractivity contribution in [3.05, 3.63) is 88.2 Å². The molecule has 0 saturated heterocycles. The van der Waals surface area contributed by atoms with Gasteiger partial charge in [-0.05, 0) is 91.1 Å². The maximum Gasteiger partial charge on any atom is 0.306 e. The van der Waals surface area contributed by atoms with E-state index in [1.807, 2.05) is 6.07 Å². The monoisotopic (exact) mass is 431 g/mol. The molecule has 0 spiro atoms. The van der Waals surface area contributed by atoms with Crippen LogP contribution in [0.3, 0.4) is 0 Å². The average molecular weight is 432 g/mol. The first-order valence-corrected chi connectivity index (χ1v) is 11.4. The van der Waals surface area contributed by atoms with E-state index in [0.29, 0.717) is 18.6 Å². The van der Waals surface area contributed by atoms with Gasteiger partial charge in [0.1, 0.15) is 5.82 Å². The molecule has 0 amide bonds. The average Bonchev–Trinajstić information content (AvgIpc) is 3.17. The van der Waals surface area contributed by atoms with Crippen LogP contribution in [-0.2, 0) is 22.4 Å². The third kappa shape index (κ3) is 4.55. The molecule has 1 aliphatic carbocycles. The van der Waals surface area contributed by atoms with Gasteiger partial charge in [0.15, 0.2) is 0 Å². The Morgan fingerprint density at radius 3 is 2.56 bits per heavy atom. The quantitative estimate of drug-likeness (QED) is 0.423. The fourth-order valence-corrected chi connectivity index (χ4v) is 4.79. The SMILES string of the molecule is CCOC(=O)CCc1ccc(NC2CCc3c(-c4c(C)cccc4C)cccc32)cc1F. The number of fused-ring (bicyclic) bond motifs is 1. The van der Waals surface area contributed by atoms with Crippen molar-refractivity contribution >= 4 is 11.7 Å². The number of hydrogen-bond donors (Lipinski definition) is 1. The van der Waals surface area contributed by atoms with E-state index in [-0.39, 0.29) is 24.2 Å². The van der Waals surface area contributed by atoms with Gasteiger partial charge in [0.25, 0.3) is 0 Å². The van der Waals surface area contributed by atoms with E-state index < -0.39 is 0 Å². The number of carbonyl (C=O) groups is 1. The highest BCUT2D eigenvalue weighted by Crippen LogP contribution is 2.41. The van der Waals surface area contributed by atoms with E-state index in [4.69, 9.17) is 4.74 Å². The summed E-state index contributed by atoms with van der Waals surface area (Å²) >= 11 is 0. The van der Waals surface area contributed by atoms with Crippen molar-refractivity contribution in [1.29, 1.82) is 0 Å². The molecule has 4 rings (SSSR count). The van der Waals surface area contributed by atoms with E-state index in [0.717, 1.165) is 18.5 Å². The molecule has 166 valence electrons. The maximum absolute atomic E-state index is 14.6. The van der Waals surface area contributed by atoms with E-state index in [1.165, 1.54) is 39.4 Å². The van der Waals surface area contributed by atoms with Crippen molar-refractivity contribution in [2.24, 2.45) is 0 Å². The number of hydrogen-bond acceptors (Lipinski definition) is 3. The lowest BCUT2D eigenvalue weighted by atomic mass is 9.90. The summed E-state index contributed by atoms with van der Waals surface area (Å²) in [7, 11) is 0. The van der Waals surface area contributed by atoms with Gasteiger partial charge >= 0.3 is 5.97 Å². The second-order valence-corrected chi connectivity index (χ2v) is 8.49. The van der Waals surface area contributed by atoms with Gasteiger partial charge in [0, 0.05) is 12.1 Å². The van der Waals surface area contributed by atoms with Gasteiger partial charge in [-0.3, -0.25) is 4.79 Å². The zero-order chi connectivity index (χ0) is 22.7. The molecule has 0 aromatic heterocycles. The first-order valence-electron chi connectivity index (χ1n) is 11.4. The Balaban J connectivity index is 1.53. The summed E-state index contributed by atoms with van der Waals surface area (Å²) in [6, 6.07) is 18.3. The molecule has 0 bridgehead atoms. The normalized spacial score (nSPS) is 14.8. The first-order chi connectivity index (χ1) is 15.5. The second kappa shape index (κ2) is 9.56. The number of benzene rings is 3. The highest BCUT2D eigenvalue weighted by molar-refractivity contribution is 5.76. The molecule has 0 saturated carbocycles. The van der Waals surface area contributed by atoms with Crippen LogP contribution in [0, 0.1) is 19.7 Å². The predicted octanol–water partition coefficient (Wildman–Crippen LogP) is 6.70. The zero-order valence-corrected chi connectivity index (χ0v) is 19.0. The van der Waals surface area contributed by atoms with Crippen molar-refractivity contribution < 1.29 is 13.9 Å². The summed E-state index contributed by atoms with van der Waals surface area (Å²) in [6.45, 7) is 6.45. The van der Waals surface area contributed by atoms with Crippen molar-refractivity contribution in [2.45, 2.75) is 52.5 Å². The van der Waals surface area contributed by atoms with Gasteiger partial charge in [-0.25, -0.2) is 4.39 Å². The molecular formula is C28H30FNO2. The minimum absolute atomic E-state index is 0.152. The van der Waals surface area contributed by atoms with Crippen molar-refractivity contribution in [3.8, 4) is 11.1 Å². The molecule has 3 nitrogen and oxygen atoms in total. The summed E-state index contributed by atoms with van der Waals surface area (Å²) in [6.07, 6.45) is 2.51. The molecule has 1 N–H and O–H groups in total. The second-order valence-electron chi connectivity index (χ2n) is 8.49. The van der Waals surface area contributed by atoms with Gasteiger partial charge in [0.2, 0.25) is 0 Å². The molecule has 0 aliphatic heterocycles. The van der Waals surface area contributed by atoms with Crippen LogP contribution in [0.1, 0.15) is 53.6 Å². The number of esters is 1. The molecule has 3 aromatic carbocycles. The standard InChI is InChI=1S/C28H30FNO2/c1-4-32-27(31)16-12-20-11-13-21(17-25(20)29)30-26-15-14-22-23(26)9-6-10-24(22)28-18(2)7-5-8-19(28)3/h5-11,13,17,26,30H,4,12,14-16H2,1-3H3. The van der Waals surface area contributed by atoms with Crippen molar-refractivity contribution in [1.82, 2.24) is 0 Å². The Kier molecular flexibility index (Phi) is 6.59. The van der Waals surface area contributed by atoms with Crippen LogP contribution in [0.2, 0.25) is 0 Å². The summed E-state index contributed by atoms with van der Waals surface area (Å²) in [4.78, 5) is 11.6. The topological polar surface area (TPSA) is 38.3 Å². The summed E-state index contributed by atoms with van der Waals surface area (Å²) in [5.41, 5.74) is 9.17. The number of ether oxygens (including phenoxy) is 1. The lowest BCUT2D eigenvalue weighted by Crippen LogP contribution is -2.08. The number of carbonyl (C=O) groups excluding carboxylic acids is 1. The van der Waals surface area contributed by atoms with Crippen LogP contribution < -0.4 is 5.32 Å². The Hall–Kier alpha value is -3.14. The number of nitrogens with one attached hydrogen (secondary N) is 1. The van der Waals surface area contributed by atoms with Crippen LogP contribution in [0.5, 0.6) is 0 Å². The Morgan fingerprint density at radius 1 is 1.09 bits per heavy atom. The summed E-state index contributed by atoms with van der Waals surface area (Å²) < 4.78 is 19.6. The van der Waals surface area contributed by atoms with E-state index >= 15 is 0 Å². The Morgan fingerprint density at radius 2 is 1.84 bits per heavy atom. The van der Waals surface area contributed by atoms with Crippen LogP contribution in [0.4, 0.5) is 10.1 Å². The van der Waals surface area contributed by atoms with Gasteiger partial charge in [-0.2, -0.15) is 0 Å². The fourth-order valence-electron chi connectivity index (χ4n) is 4.79. The number of rotatable bonds is 7. The molecule has 4 heteroatoms. The molecule has 32 heavy (non-hydrogen) atoms. The Bertz CT molecular complexity index is 1120. The number of anilines is 1. The molecular weight excluding hydrogens is 401 g/mol. The fraction of sp³-hybridized carbons (Fsp3) is 0.321. The van der Waals surface area contributed by atoms with Crippen molar-refractivity contribution in [3.63, 3.8) is 0 Å². The molecule has 0 radical (unpaired) electrons. The predicted molar refractivity (Wildman–Crippen MR) is 127 cm³/mol. The van der Waals surface area contributed by atoms with Gasteiger partial charge in [-0.15, -0.1) is 0 Å². The molecule has 0 fully saturated rings. The van der Waals surface area contributed by atoms with Gasteiger partial charge in [-0.1, -0.05) is 42.5 Å². The lowest BCUT2D eigenvalue weighted by molar-refractivity contribution is -0.143. The van der Waals surface area contributed by atoms with E-state index in [2.05, 4.69) is 55.6 Å². The first kappa shape index (κ1) is 22.1. The minimum atomic E-state index is -0.295. The third-order valence-corrected chi connectivity index (χ3v) is 6.32. The highest BCUT2D eigenvalue weighted by Gasteiger charge is 2.26. The highest BCUT2D eigenvalue weighted by atomic mass is 19.1. The van der Waals surface area contributed by atoms with Crippen LogP contribution >= 0.6 is 0 Å². The molecule has 0 heterocycles. The smallest absolute Gasteiger partial charge is 0.306 e. The van der Waals surface area contributed by atoms with Gasteiger partial charge in [0.05, 0.1) is 12.6 Å². The third-order valence-electron chi connectivity index (χ3n) is 6.32. The number of aryl methyl sites for hydroxylation is 3.